The summed E-state index contributed by atoms with van der Waals surface area (Å²) >= 11 is 0. The molecule has 0 aliphatic carbocycles. The van der Waals surface area contributed by atoms with E-state index >= 15 is 0 Å². The molecular weight excluding hydrogens is 677 g/mol. The molecule has 4 aromatic heterocycles. The number of aromatic nitrogens is 4. The predicted molar refractivity (Wildman–Crippen MR) is 223 cm³/mol. The Morgan fingerprint density at radius 3 is 1.65 bits per heavy atom. The number of hydrogen-bond donors (Lipinski definition) is 0. The van der Waals surface area contributed by atoms with E-state index in [4.69, 9.17) is 23.8 Å². The summed E-state index contributed by atoms with van der Waals surface area (Å²) in [5.74, 6) is 1.83. The Kier molecular flexibility index (Phi) is 6.24. The van der Waals surface area contributed by atoms with Gasteiger partial charge in [0.05, 0.1) is 11.0 Å². The van der Waals surface area contributed by atoms with Crippen molar-refractivity contribution in [3.05, 3.63) is 170 Å². The van der Waals surface area contributed by atoms with Gasteiger partial charge >= 0.3 is 0 Å². The van der Waals surface area contributed by atoms with Gasteiger partial charge in [-0.15, -0.1) is 0 Å². The first-order valence-electron chi connectivity index (χ1n) is 18.3. The summed E-state index contributed by atoms with van der Waals surface area (Å²) in [5.41, 5.74) is 9.30. The first kappa shape index (κ1) is 29.9. The first-order chi connectivity index (χ1) is 27.2. The summed E-state index contributed by atoms with van der Waals surface area (Å²) in [5, 5.41) is 8.78. The van der Waals surface area contributed by atoms with E-state index in [1.165, 1.54) is 16.2 Å². The normalized spacial score (nSPS) is 12.0. The van der Waals surface area contributed by atoms with Crippen LogP contribution in [0.15, 0.2) is 179 Å². The van der Waals surface area contributed by atoms with Gasteiger partial charge in [-0.25, -0.2) is 15.0 Å². The summed E-state index contributed by atoms with van der Waals surface area (Å²) in [4.78, 5) is 15.1. The lowest BCUT2D eigenvalue weighted by molar-refractivity contribution is 0.662. The average Bonchev–Trinajstić information content (AvgIpc) is 3.92. The van der Waals surface area contributed by atoms with Crippen molar-refractivity contribution < 1.29 is 8.83 Å². The largest absolute Gasteiger partial charge is 0.456 e. The Hall–Kier alpha value is -7.57. The van der Waals surface area contributed by atoms with Crippen LogP contribution in [0.4, 0.5) is 0 Å². The SMILES string of the molecule is c1ccc(-c2nc(-c3ccc4ccccc4c3)nc(-c3ccc4oc5ccc6oc7cc(-n8c9ccccc9c9ccccc98)ccc7c6c5c4c3)n2)cc1. The van der Waals surface area contributed by atoms with Gasteiger partial charge in [-0.3, -0.25) is 0 Å². The van der Waals surface area contributed by atoms with Crippen LogP contribution in [0.1, 0.15) is 0 Å². The maximum atomic E-state index is 6.63. The fourth-order valence-electron chi connectivity index (χ4n) is 8.28. The van der Waals surface area contributed by atoms with Crippen LogP contribution < -0.4 is 0 Å². The van der Waals surface area contributed by atoms with E-state index in [0.29, 0.717) is 17.5 Å². The number of para-hydroxylation sites is 2. The van der Waals surface area contributed by atoms with Gasteiger partial charge in [-0.2, -0.15) is 0 Å². The second-order valence-electron chi connectivity index (χ2n) is 14.0. The lowest BCUT2D eigenvalue weighted by Gasteiger charge is -2.09. The smallest absolute Gasteiger partial charge is 0.164 e. The lowest BCUT2D eigenvalue weighted by atomic mass is 10.0. The molecule has 6 nitrogen and oxygen atoms in total. The monoisotopic (exact) mass is 704 g/mol. The van der Waals surface area contributed by atoms with Crippen molar-refractivity contribution in [2.75, 3.05) is 0 Å². The molecule has 256 valence electrons. The molecule has 8 aromatic carbocycles. The van der Waals surface area contributed by atoms with E-state index in [1.54, 1.807) is 0 Å². The van der Waals surface area contributed by atoms with Gasteiger partial charge < -0.3 is 13.4 Å². The molecule has 0 atom stereocenters. The van der Waals surface area contributed by atoms with Crippen molar-refractivity contribution in [1.29, 1.82) is 0 Å². The summed E-state index contributed by atoms with van der Waals surface area (Å²) in [6.07, 6.45) is 0. The molecule has 12 aromatic rings. The van der Waals surface area contributed by atoms with Crippen molar-refractivity contribution in [2.45, 2.75) is 0 Å². The zero-order valence-electron chi connectivity index (χ0n) is 29.3. The second-order valence-corrected chi connectivity index (χ2v) is 14.0. The molecule has 0 bridgehead atoms. The fourth-order valence-corrected chi connectivity index (χ4v) is 8.28. The third kappa shape index (κ3) is 4.58. The quantitative estimate of drug-likeness (QED) is 0.182. The number of rotatable bonds is 4. The van der Waals surface area contributed by atoms with Crippen LogP contribution in [-0.2, 0) is 0 Å². The van der Waals surface area contributed by atoms with Gasteiger partial charge in [0.25, 0.3) is 0 Å². The lowest BCUT2D eigenvalue weighted by Crippen LogP contribution is -2.00. The van der Waals surface area contributed by atoms with E-state index in [2.05, 4.69) is 120 Å². The van der Waals surface area contributed by atoms with Gasteiger partial charge in [0.2, 0.25) is 0 Å². The highest BCUT2D eigenvalue weighted by Crippen LogP contribution is 2.42. The molecule has 0 aliphatic rings. The van der Waals surface area contributed by atoms with Crippen molar-refractivity contribution in [1.82, 2.24) is 19.5 Å². The van der Waals surface area contributed by atoms with E-state index in [-0.39, 0.29) is 0 Å². The van der Waals surface area contributed by atoms with Gasteiger partial charge in [0.15, 0.2) is 17.5 Å². The third-order valence-electron chi connectivity index (χ3n) is 10.8. The Labute approximate surface area is 313 Å². The van der Waals surface area contributed by atoms with Crippen LogP contribution in [-0.4, -0.2) is 19.5 Å². The Morgan fingerprint density at radius 1 is 0.345 bits per heavy atom. The van der Waals surface area contributed by atoms with Crippen molar-refractivity contribution in [2.24, 2.45) is 0 Å². The Morgan fingerprint density at radius 2 is 0.909 bits per heavy atom. The fraction of sp³-hybridized carbons (Fsp3) is 0. The zero-order valence-corrected chi connectivity index (χ0v) is 29.3. The molecule has 0 aliphatic heterocycles. The van der Waals surface area contributed by atoms with Crippen LogP contribution in [0.2, 0.25) is 0 Å². The molecule has 55 heavy (non-hydrogen) atoms. The predicted octanol–water partition coefficient (Wildman–Crippen LogP) is 12.9. The molecule has 0 spiro atoms. The zero-order chi connectivity index (χ0) is 36.0. The molecule has 0 saturated heterocycles. The average molecular weight is 705 g/mol. The van der Waals surface area contributed by atoms with Gasteiger partial charge in [0, 0.05) is 60.8 Å². The van der Waals surface area contributed by atoms with Crippen molar-refractivity contribution >= 4 is 76.5 Å². The van der Waals surface area contributed by atoms with Gasteiger partial charge in [0.1, 0.15) is 22.3 Å². The van der Waals surface area contributed by atoms with E-state index < -0.39 is 0 Å². The summed E-state index contributed by atoms with van der Waals surface area (Å²) in [7, 11) is 0. The summed E-state index contributed by atoms with van der Waals surface area (Å²) in [6.45, 7) is 0. The van der Waals surface area contributed by atoms with Crippen molar-refractivity contribution in [3.63, 3.8) is 0 Å². The molecule has 0 fully saturated rings. The molecule has 12 rings (SSSR count). The second kappa shape index (κ2) is 11.5. The van der Waals surface area contributed by atoms with Crippen LogP contribution in [0.5, 0.6) is 0 Å². The highest BCUT2D eigenvalue weighted by Gasteiger charge is 2.20. The maximum absolute atomic E-state index is 6.63. The standard InChI is InChI=1S/C49H28N4O2/c1-2-11-30(12-3-1)47-50-48(32-19-18-29-10-4-5-13-31(29)26-32)52-49(51-47)33-20-23-41-38(27-33)46-43(54-41)25-24-42-45(46)37-22-21-34(28-44(37)55-42)53-39-16-8-6-14-35(39)36-15-7-9-17-40(36)53/h1-28H. The molecule has 0 radical (unpaired) electrons. The van der Waals surface area contributed by atoms with Crippen LogP contribution in [0, 0.1) is 0 Å². The van der Waals surface area contributed by atoms with E-state index in [1.807, 2.05) is 54.6 Å². The molecule has 0 unspecified atom stereocenters. The molecule has 0 saturated carbocycles. The molecule has 6 heteroatoms. The molecular formula is C49H28N4O2. The van der Waals surface area contributed by atoms with Crippen LogP contribution >= 0.6 is 0 Å². The van der Waals surface area contributed by atoms with Crippen molar-refractivity contribution in [3.8, 4) is 39.9 Å². The highest BCUT2D eigenvalue weighted by molar-refractivity contribution is 6.26. The number of benzene rings is 8. The van der Waals surface area contributed by atoms with E-state index in [0.717, 1.165) is 82.7 Å². The molecule has 0 N–H and O–H groups in total. The highest BCUT2D eigenvalue weighted by atomic mass is 16.3. The number of hydrogen-bond acceptors (Lipinski definition) is 5. The van der Waals surface area contributed by atoms with Crippen LogP contribution in [0.3, 0.4) is 0 Å². The maximum Gasteiger partial charge on any atom is 0.164 e. The summed E-state index contributed by atoms with van der Waals surface area (Å²) < 4.78 is 15.4. The minimum Gasteiger partial charge on any atom is -0.456 e. The Balaban J connectivity index is 1.05. The first-order valence-corrected chi connectivity index (χ1v) is 18.3. The van der Waals surface area contributed by atoms with Gasteiger partial charge in [-0.05, 0) is 71.4 Å². The number of furan rings is 2. The third-order valence-corrected chi connectivity index (χ3v) is 10.8. The van der Waals surface area contributed by atoms with E-state index in [9.17, 15) is 0 Å². The topological polar surface area (TPSA) is 69.9 Å². The Bertz CT molecular complexity index is 3450. The minimum atomic E-state index is 0.591. The van der Waals surface area contributed by atoms with Gasteiger partial charge in [-0.1, -0.05) is 103 Å². The molecule has 0 amide bonds. The van der Waals surface area contributed by atoms with Crippen LogP contribution in [0.25, 0.3) is 116 Å². The molecule has 4 heterocycles. The minimum absolute atomic E-state index is 0.591. The summed E-state index contributed by atoms with van der Waals surface area (Å²) in [6, 6.07) is 58.6. The number of nitrogens with zero attached hydrogens (tertiary/aromatic N) is 4. The number of fused-ring (bicyclic) bond motifs is 11.